The molecule has 1 aromatic carbocycles. The Morgan fingerprint density at radius 1 is 1.34 bits per heavy atom. The van der Waals surface area contributed by atoms with E-state index in [0.29, 0.717) is 10.8 Å². The van der Waals surface area contributed by atoms with Crippen molar-refractivity contribution in [3.05, 3.63) is 75.9 Å². The van der Waals surface area contributed by atoms with Crippen LogP contribution >= 0.6 is 11.6 Å². The standard InChI is InChI=1S/C13H16ClNO.C8H8N4O/c1-4-10(3)15-16-13(5-2)11-7-6-8-12(14)9-11;1-12-7(10-11-8(12)13)6-3-2-4-9-5-6/h5-9H,4H2,1-3H3;2-5H,1H3,(H,11,13)/b13-5-,15-10+;. The number of pyridine rings is 1. The van der Waals surface area contributed by atoms with Crippen LogP contribution in [0.15, 0.2) is 64.8 Å². The van der Waals surface area contributed by atoms with Crippen molar-refractivity contribution in [1.82, 2.24) is 19.7 Å². The lowest BCUT2D eigenvalue weighted by atomic mass is 10.2. The van der Waals surface area contributed by atoms with Gasteiger partial charge in [-0.1, -0.05) is 35.8 Å². The van der Waals surface area contributed by atoms with Gasteiger partial charge in [-0.25, -0.2) is 9.89 Å². The van der Waals surface area contributed by atoms with Crippen molar-refractivity contribution in [2.45, 2.75) is 27.2 Å². The van der Waals surface area contributed by atoms with Gasteiger partial charge < -0.3 is 4.84 Å². The summed E-state index contributed by atoms with van der Waals surface area (Å²) in [7, 11) is 1.66. The van der Waals surface area contributed by atoms with Gasteiger partial charge in [-0.15, -0.1) is 0 Å². The van der Waals surface area contributed by atoms with E-state index in [1.54, 1.807) is 25.5 Å². The number of rotatable bonds is 5. The average Bonchev–Trinajstić information content (AvgIpc) is 3.08. The zero-order chi connectivity index (χ0) is 21.2. The summed E-state index contributed by atoms with van der Waals surface area (Å²) in [4.78, 5) is 20.4. The van der Waals surface area contributed by atoms with Gasteiger partial charge in [0.05, 0.1) is 5.71 Å². The van der Waals surface area contributed by atoms with Crippen LogP contribution in [-0.4, -0.2) is 25.5 Å². The highest BCUT2D eigenvalue weighted by atomic mass is 35.5. The molecule has 29 heavy (non-hydrogen) atoms. The predicted molar refractivity (Wildman–Crippen MR) is 117 cm³/mol. The molecular formula is C21H24ClN5O2. The molecule has 0 aliphatic carbocycles. The SMILES string of the molecule is C/C=C(\O/N=C(\C)CC)c1cccc(Cl)c1.Cn1c(-c2cccnc2)n[nH]c1=O. The fourth-order valence-corrected chi connectivity index (χ4v) is 2.40. The number of nitrogens with one attached hydrogen (secondary N) is 1. The van der Waals surface area contributed by atoms with Gasteiger partial charge in [0.15, 0.2) is 11.6 Å². The van der Waals surface area contributed by atoms with Crippen LogP contribution in [0.1, 0.15) is 32.8 Å². The molecule has 2 aromatic heterocycles. The van der Waals surface area contributed by atoms with Gasteiger partial charge in [0.25, 0.3) is 0 Å². The van der Waals surface area contributed by atoms with Crippen LogP contribution in [-0.2, 0) is 11.9 Å². The molecule has 3 aromatic rings. The maximum absolute atomic E-state index is 11.0. The van der Waals surface area contributed by atoms with Gasteiger partial charge in [0.2, 0.25) is 0 Å². The van der Waals surface area contributed by atoms with E-state index in [2.05, 4.69) is 20.3 Å². The molecular weight excluding hydrogens is 390 g/mol. The fraction of sp³-hybridized carbons (Fsp3) is 0.238. The summed E-state index contributed by atoms with van der Waals surface area (Å²) >= 11 is 5.92. The summed E-state index contributed by atoms with van der Waals surface area (Å²) in [5.41, 5.74) is 2.49. The van der Waals surface area contributed by atoms with Crippen molar-refractivity contribution in [3.63, 3.8) is 0 Å². The first-order valence-electron chi connectivity index (χ1n) is 9.10. The molecule has 3 rings (SSSR count). The van der Waals surface area contributed by atoms with Crippen molar-refractivity contribution in [2.24, 2.45) is 12.2 Å². The number of aromatic nitrogens is 4. The van der Waals surface area contributed by atoms with E-state index < -0.39 is 0 Å². The van der Waals surface area contributed by atoms with Gasteiger partial charge in [-0.2, -0.15) is 5.10 Å². The number of benzene rings is 1. The summed E-state index contributed by atoms with van der Waals surface area (Å²) in [6, 6.07) is 11.2. The third-order valence-corrected chi connectivity index (χ3v) is 4.22. The first-order valence-corrected chi connectivity index (χ1v) is 9.48. The van der Waals surface area contributed by atoms with Crippen LogP contribution in [0.5, 0.6) is 0 Å². The molecule has 0 saturated heterocycles. The highest BCUT2D eigenvalue weighted by molar-refractivity contribution is 6.30. The second-order valence-corrected chi connectivity index (χ2v) is 6.52. The van der Waals surface area contributed by atoms with Crippen molar-refractivity contribution in [3.8, 4) is 11.4 Å². The molecule has 1 N–H and O–H groups in total. The summed E-state index contributed by atoms with van der Waals surface area (Å²) < 4.78 is 1.44. The van der Waals surface area contributed by atoms with E-state index in [0.717, 1.165) is 29.0 Å². The molecule has 0 saturated carbocycles. The minimum Gasteiger partial charge on any atom is -0.357 e. The Hall–Kier alpha value is -3.19. The maximum atomic E-state index is 11.0. The van der Waals surface area contributed by atoms with Gasteiger partial charge in [0, 0.05) is 35.6 Å². The van der Waals surface area contributed by atoms with Gasteiger partial charge >= 0.3 is 5.69 Å². The molecule has 0 atom stereocenters. The summed E-state index contributed by atoms with van der Waals surface area (Å²) in [5, 5.41) is 11.0. The van der Waals surface area contributed by atoms with Crippen LogP contribution < -0.4 is 5.69 Å². The second kappa shape index (κ2) is 11.0. The number of halogens is 1. The Bertz CT molecular complexity index is 1040. The van der Waals surface area contributed by atoms with E-state index in [9.17, 15) is 4.79 Å². The number of hydrogen-bond donors (Lipinski definition) is 1. The van der Waals surface area contributed by atoms with Crippen LogP contribution in [0.25, 0.3) is 17.1 Å². The van der Waals surface area contributed by atoms with Crippen molar-refractivity contribution in [1.29, 1.82) is 0 Å². The molecule has 0 spiro atoms. The van der Waals surface area contributed by atoms with Crippen molar-refractivity contribution >= 4 is 23.1 Å². The Morgan fingerprint density at radius 3 is 2.69 bits per heavy atom. The van der Waals surface area contributed by atoms with Crippen LogP contribution in [0.3, 0.4) is 0 Å². The van der Waals surface area contributed by atoms with Crippen LogP contribution in [0.2, 0.25) is 5.02 Å². The van der Waals surface area contributed by atoms with Gasteiger partial charge in [-0.05, 0) is 50.6 Å². The highest BCUT2D eigenvalue weighted by Gasteiger charge is 2.05. The number of nitrogens with zero attached hydrogens (tertiary/aromatic N) is 4. The average molecular weight is 414 g/mol. The van der Waals surface area contributed by atoms with Crippen LogP contribution in [0.4, 0.5) is 0 Å². The Labute approximate surface area is 174 Å². The first kappa shape index (κ1) is 22.1. The molecule has 0 unspecified atom stereocenters. The number of aromatic amines is 1. The van der Waals surface area contributed by atoms with E-state index in [-0.39, 0.29) is 5.69 Å². The maximum Gasteiger partial charge on any atom is 0.343 e. The molecule has 7 nitrogen and oxygen atoms in total. The van der Waals surface area contributed by atoms with E-state index >= 15 is 0 Å². The van der Waals surface area contributed by atoms with E-state index in [1.165, 1.54) is 4.57 Å². The molecule has 0 amide bonds. The first-order chi connectivity index (χ1) is 14.0. The summed E-state index contributed by atoms with van der Waals surface area (Å²) in [6.07, 6.45) is 6.09. The zero-order valence-corrected chi connectivity index (χ0v) is 17.6. The number of oxime groups is 1. The Balaban J connectivity index is 0.000000211. The summed E-state index contributed by atoms with van der Waals surface area (Å²) in [5.74, 6) is 1.31. The van der Waals surface area contributed by atoms with Crippen molar-refractivity contribution in [2.75, 3.05) is 0 Å². The molecule has 0 aliphatic rings. The lowest BCUT2D eigenvalue weighted by Crippen LogP contribution is -2.13. The predicted octanol–water partition coefficient (Wildman–Crippen LogP) is 4.67. The molecule has 8 heteroatoms. The molecule has 0 bridgehead atoms. The monoisotopic (exact) mass is 413 g/mol. The Kier molecular flexibility index (Phi) is 8.36. The smallest absolute Gasteiger partial charge is 0.343 e. The number of H-pyrrole nitrogens is 1. The Morgan fingerprint density at radius 2 is 2.14 bits per heavy atom. The van der Waals surface area contributed by atoms with Gasteiger partial charge in [0.1, 0.15) is 0 Å². The number of allylic oxidation sites excluding steroid dienone is 1. The molecule has 152 valence electrons. The summed E-state index contributed by atoms with van der Waals surface area (Å²) in [6.45, 7) is 5.88. The minimum atomic E-state index is -0.223. The van der Waals surface area contributed by atoms with Crippen molar-refractivity contribution < 1.29 is 4.84 Å². The quantitative estimate of drug-likeness (QED) is 0.374. The third-order valence-electron chi connectivity index (χ3n) is 3.98. The van der Waals surface area contributed by atoms with E-state index in [4.69, 9.17) is 16.4 Å². The second-order valence-electron chi connectivity index (χ2n) is 6.09. The highest BCUT2D eigenvalue weighted by Crippen LogP contribution is 2.20. The fourth-order valence-electron chi connectivity index (χ4n) is 2.21. The minimum absolute atomic E-state index is 0.223. The topological polar surface area (TPSA) is 85.2 Å². The van der Waals surface area contributed by atoms with Gasteiger partial charge in [-0.3, -0.25) is 9.55 Å². The van der Waals surface area contributed by atoms with Crippen LogP contribution in [0, 0.1) is 0 Å². The molecule has 2 heterocycles. The molecule has 0 fully saturated rings. The lowest BCUT2D eigenvalue weighted by molar-refractivity contribution is 0.296. The third kappa shape index (κ3) is 6.43. The van der Waals surface area contributed by atoms with E-state index in [1.807, 2.05) is 57.2 Å². The normalized spacial score (nSPS) is 11.6. The lowest BCUT2D eigenvalue weighted by Gasteiger charge is -2.05. The molecule has 0 radical (unpaired) electrons. The largest absolute Gasteiger partial charge is 0.357 e. The number of hydrogen-bond acceptors (Lipinski definition) is 5. The molecule has 0 aliphatic heterocycles. The zero-order valence-electron chi connectivity index (χ0n) is 16.9.